The standard InChI is InChI=1S/C20H21F3N4O2S/c21-20(22,23)18-12-17(30(25,28)29)6-7-19(18)27-9-1-8-26(10-11-27)14-16-4-2-15(13-24)3-5-16/h2-7,12H,1,8-11,14H2,(H2,25,28,29). The van der Waals surface area contributed by atoms with Crippen LogP contribution in [0.15, 0.2) is 47.4 Å². The summed E-state index contributed by atoms with van der Waals surface area (Å²) in [6, 6.07) is 12.2. The lowest BCUT2D eigenvalue weighted by Gasteiger charge is -2.27. The highest BCUT2D eigenvalue weighted by Gasteiger charge is 2.36. The summed E-state index contributed by atoms with van der Waals surface area (Å²) < 4.78 is 63.8. The molecule has 1 fully saturated rings. The van der Waals surface area contributed by atoms with Gasteiger partial charge in [-0.25, -0.2) is 13.6 Å². The van der Waals surface area contributed by atoms with Crippen molar-refractivity contribution in [2.45, 2.75) is 24.0 Å². The highest BCUT2D eigenvalue weighted by atomic mass is 32.2. The third kappa shape index (κ3) is 5.30. The summed E-state index contributed by atoms with van der Waals surface area (Å²) in [6.07, 6.45) is -4.05. The smallest absolute Gasteiger partial charge is 0.370 e. The molecule has 2 aromatic carbocycles. The number of nitrogens with zero attached hydrogens (tertiary/aromatic N) is 3. The lowest BCUT2D eigenvalue weighted by molar-refractivity contribution is -0.137. The molecule has 6 nitrogen and oxygen atoms in total. The van der Waals surface area contributed by atoms with Gasteiger partial charge < -0.3 is 4.90 Å². The molecule has 0 aliphatic carbocycles. The minimum absolute atomic E-state index is 0.0462. The molecule has 10 heteroatoms. The number of sulfonamides is 1. The van der Waals surface area contributed by atoms with Crippen molar-refractivity contribution in [3.8, 4) is 6.07 Å². The molecule has 0 spiro atoms. The van der Waals surface area contributed by atoms with Gasteiger partial charge in [0, 0.05) is 38.4 Å². The molecule has 160 valence electrons. The molecule has 0 aromatic heterocycles. The Kier molecular flexibility index (Phi) is 6.36. The quantitative estimate of drug-likeness (QED) is 0.793. The average molecular weight is 438 g/mol. The van der Waals surface area contributed by atoms with E-state index in [4.69, 9.17) is 10.4 Å². The molecular weight excluding hydrogens is 417 g/mol. The van der Waals surface area contributed by atoms with Crippen molar-refractivity contribution in [3.05, 3.63) is 59.2 Å². The first-order valence-corrected chi connectivity index (χ1v) is 10.8. The van der Waals surface area contributed by atoms with E-state index in [9.17, 15) is 21.6 Å². The third-order valence-corrected chi connectivity index (χ3v) is 5.93. The van der Waals surface area contributed by atoms with Crippen molar-refractivity contribution in [2.24, 2.45) is 5.14 Å². The van der Waals surface area contributed by atoms with E-state index in [0.717, 1.165) is 11.6 Å². The van der Waals surface area contributed by atoms with Crippen molar-refractivity contribution in [2.75, 3.05) is 31.1 Å². The maximum absolute atomic E-state index is 13.6. The minimum Gasteiger partial charge on any atom is -0.370 e. The van der Waals surface area contributed by atoms with Crippen LogP contribution in [0, 0.1) is 11.3 Å². The number of hydrogen-bond donors (Lipinski definition) is 1. The van der Waals surface area contributed by atoms with Gasteiger partial charge in [0.15, 0.2) is 0 Å². The molecule has 1 aliphatic heterocycles. The highest BCUT2D eigenvalue weighted by molar-refractivity contribution is 7.89. The largest absolute Gasteiger partial charge is 0.418 e. The average Bonchev–Trinajstić information content (AvgIpc) is 2.92. The van der Waals surface area contributed by atoms with Crippen molar-refractivity contribution in [1.29, 1.82) is 5.26 Å². The van der Waals surface area contributed by atoms with Gasteiger partial charge >= 0.3 is 6.18 Å². The topological polar surface area (TPSA) is 90.4 Å². The number of alkyl halides is 3. The summed E-state index contributed by atoms with van der Waals surface area (Å²) in [5, 5.41) is 13.9. The Hall–Kier alpha value is -2.61. The van der Waals surface area contributed by atoms with E-state index in [2.05, 4.69) is 11.0 Å². The molecule has 2 N–H and O–H groups in total. The van der Waals surface area contributed by atoms with Gasteiger partial charge in [0.25, 0.3) is 0 Å². The Morgan fingerprint density at radius 1 is 1.03 bits per heavy atom. The first kappa shape index (κ1) is 22.1. The monoisotopic (exact) mass is 438 g/mol. The number of hydrogen-bond acceptors (Lipinski definition) is 5. The van der Waals surface area contributed by atoms with Gasteiger partial charge in [-0.05, 0) is 42.3 Å². The van der Waals surface area contributed by atoms with Crippen molar-refractivity contribution in [3.63, 3.8) is 0 Å². The second-order valence-corrected chi connectivity index (χ2v) is 8.71. The van der Waals surface area contributed by atoms with Crippen LogP contribution in [-0.4, -0.2) is 39.5 Å². The van der Waals surface area contributed by atoms with Crippen LogP contribution in [-0.2, 0) is 22.7 Å². The first-order valence-electron chi connectivity index (χ1n) is 9.28. The van der Waals surface area contributed by atoms with Crippen molar-refractivity contribution in [1.82, 2.24) is 4.90 Å². The summed E-state index contributed by atoms with van der Waals surface area (Å²) in [7, 11) is -4.24. The Morgan fingerprint density at radius 3 is 2.33 bits per heavy atom. The molecule has 0 unspecified atom stereocenters. The van der Waals surface area contributed by atoms with Crippen molar-refractivity contribution >= 4 is 15.7 Å². The van der Waals surface area contributed by atoms with Crippen molar-refractivity contribution < 1.29 is 21.6 Å². The SMILES string of the molecule is N#Cc1ccc(CN2CCCN(c3ccc(S(N)(=O)=O)cc3C(F)(F)F)CC2)cc1. The maximum atomic E-state index is 13.6. The fourth-order valence-electron chi connectivity index (χ4n) is 3.51. The fourth-order valence-corrected chi connectivity index (χ4v) is 4.05. The summed E-state index contributed by atoms with van der Waals surface area (Å²) in [6.45, 7) is 2.69. The molecule has 30 heavy (non-hydrogen) atoms. The number of anilines is 1. The Bertz CT molecular complexity index is 1050. The number of benzene rings is 2. The van der Waals surface area contributed by atoms with E-state index < -0.39 is 26.7 Å². The zero-order chi connectivity index (χ0) is 21.9. The van der Waals surface area contributed by atoms with Crippen LogP contribution in [0.5, 0.6) is 0 Å². The molecule has 2 aromatic rings. The zero-order valence-corrected chi connectivity index (χ0v) is 16.9. The van der Waals surface area contributed by atoms with Gasteiger partial charge in [-0.2, -0.15) is 18.4 Å². The van der Waals surface area contributed by atoms with E-state index in [-0.39, 0.29) is 5.69 Å². The van der Waals surface area contributed by atoms with Crippen LogP contribution in [0.3, 0.4) is 0 Å². The van der Waals surface area contributed by atoms with Crippen LogP contribution in [0.25, 0.3) is 0 Å². The molecule has 0 bridgehead atoms. The Balaban J connectivity index is 1.78. The van der Waals surface area contributed by atoms with E-state index >= 15 is 0 Å². The van der Waals surface area contributed by atoms with Gasteiger partial charge in [0.2, 0.25) is 10.0 Å². The van der Waals surface area contributed by atoms with Crippen LogP contribution in [0.2, 0.25) is 0 Å². The van der Waals surface area contributed by atoms with Crippen LogP contribution < -0.4 is 10.0 Å². The van der Waals surface area contributed by atoms with Gasteiger partial charge in [0.1, 0.15) is 0 Å². The third-order valence-electron chi connectivity index (χ3n) is 5.02. The molecule has 3 rings (SSSR count). The number of halogens is 3. The number of rotatable bonds is 4. The number of nitriles is 1. The molecule has 0 atom stereocenters. The normalized spacial score (nSPS) is 16.2. The molecule has 0 radical (unpaired) electrons. The van der Waals surface area contributed by atoms with Crippen LogP contribution >= 0.6 is 0 Å². The number of nitrogens with two attached hydrogens (primary N) is 1. The fraction of sp³-hybridized carbons (Fsp3) is 0.350. The number of primary sulfonamides is 1. The summed E-state index contributed by atoms with van der Waals surface area (Å²) in [5.74, 6) is 0. The lowest BCUT2D eigenvalue weighted by atomic mass is 10.1. The Labute approximate surface area is 173 Å². The predicted molar refractivity (Wildman–Crippen MR) is 106 cm³/mol. The minimum atomic E-state index is -4.70. The van der Waals surface area contributed by atoms with Crippen LogP contribution in [0.1, 0.15) is 23.1 Å². The van der Waals surface area contributed by atoms with E-state index in [1.165, 1.54) is 6.07 Å². The second kappa shape index (κ2) is 8.63. The van der Waals surface area contributed by atoms with E-state index in [1.807, 2.05) is 12.1 Å². The van der Waals surface area contributed by atoms with Gasteiger partial charge in [-0.3, -0.25) is 4.90 Å². The second-order valence-electron chi connectivity index (χ2n) is 7.15. The van der Waals surface area contributed by atoms with Crippen LogP contribution in [0.4, 0.5) is 18.9 Å². The van der Waals surface area contributed by atoms with E-state index in [0.29, 0.717) is 50.8 Å². The summed E-state index contributed by atoms with van der Waals surface area (Å²) in [4.78, 5) is 3.22. The molecule has 1 heterocycles. The lowest BCUT2D eigenvalue weighted by Crippen LogP contribution is -2.32. The summed E-state index contributed by atoms with van der Waals surface area (Å²) in [5.41, 5.74) is 0.545. The molecular formula is C20H21F3N4O2S. The highest BCUT2D eigenvalue weighted by Crippen LogP contribution is 2.38. The molecule has 1 aliphatic rings. The maximum Gasteiger partial charge on any atom is 0.418 e. The van der Waals surface area contributed by atoms with Gasteiger partial charge in [-0.1, -0.05) is 12.1 Å². The summed E-state index contributed by atoms with van der Waals surface area (Å²) >= 11 is 0. The Morgan fingerprint density at radius 2 is 1.73 bits per heavy atom. The predicted octanol–water partition coefficient (Wildman–Crippen LogP) is 2.94. The zero-order valence-electron chi connectivity index (χ0n) is 16.1. The van der Waals surface area contributed by atoms with E-state index in [1.54, 1.807) is 17.0 Å². The van der Waals surface area contributed by atoms with Gasteiger partial charge in [-0.15, -0.1) is 0 Å². The van der Waals surface area contributed by atoms with Gasteiger partial charge in [0.05, 0.1) is 22.1 Å². The molecule has 0 saturated carbocycles. The molecule has 1 saturated heterocycles. The first-order chi connectivity index (χ1) is 14.1. The molecule has 0 amide bonds.